The van der Waals surface area contributed by atoms with Gasteiger partial charge in [-0.2, -0.15) is 0 Å². The molecule has 6 heteroatoms. The SMILES string of the molecule is COCCCNC(=O)C(C)Oc1ccc([C@H](C)O)cc1Cl. The Hall–Kier alpha value is -1.30. The van der Waals surface area contributed by atoms with Crippen LogP contribution in [0.25, 0.3) is 0 Å². The number of hydrogen-bond donors (Lipinski definition) is 2. The molecule has 0 spiro atoms. The summed E-state index contributed by atoms with van der Waals surface area (Å²) in [7, 11) is 1.62. The van der Waals surface area contributed by atoms with Gasteiger partial charge in [-0.25, -0.2) is 0 Å². The topological polar surface area (TPSA) is 67.8 Å². The van der Waals surface area contributed by atoms with Crippen LogP contribution < -0.4 is 10.1 Å². The molecule has 1 aromatic carbocycles. The lowest BCUT2D eigenvalue weighted by molar-refractivity contribution is -0.127. The van der Waals surface area contributed by atoms with E-state index in [1.807, 2.05) is 0 Å². The number of hydrogen-bond acceptors (Lipinski definition) is 4. The van der Waals surface area contributed by atoms with E-state index in [-0.39, 0.29) is 5.91 Å². The quantitative estimate of drug-likeness (QED) is 0.722. The lowest BCUT2D eigenvalue weighted by atomic mass is 10.1. The largest absolute Gasteiger partial charge is 0.479 e. The highest BCUT2D eigenvalue weighted by atomic mass is 35.5. The first-order valence-electron chi connectivity index (χ1n) is 6.86. The van der Waals surface area contributed by atoms with Gasteiger partial charge in [0.15, 0.2) is 6.10 Å². The highest BCUT2D eigenvalue weighted by molar-refractivity contribution is 6.32. The van der Waals surface area contributed by atoms with Crippen molar-refractivity contribution >= 4 is 17.5 Å². The first-order chi connectivity index (χ1) is 9.95. The molecule has 118 valence electrons. The highest BCUT2D eigenvalue weighted by Crippen LogP contribution is 2.28. The number of ether oxygens (including phenoxy) is 2. The van der Waals surface area contributed by atoms with Gasteiger partial charge in [-0.05, 0) is 38.0 Å². The monoisotopic (exact) mass is 315 g/mol. The van der Waals surface area contributed by atoms with Crippen molar-refractivity contribution in [3.63, 3.8) is 0 Å². The van der Waals surface area contributed by atoms with E-state index < -0.39 is 12.2 Å². The van der Waals surface area contributed by atoms with Gasteiger partial charge in [0.05, 0.1) is 11.1 Å². The second-order valence-corrected chi connectivity index (χ2v) is 5.17. The van der Waals surface area contributed by atoms with Crippen LogP contribution in [0.3, 0.4) is 0 Å². The Bertz CT molecular complexity index is 465. The summed E-state index contributed by atoms with van der Waals surface area (Å²) in [5, 5.41) is 12.6. The second kappa shape index (κ2) is 8.87. The Morgan fingerprint density at radius 1 is 1.43 bits per heavy atom. The standard InChI is InChI=1S/C15H22ClNO4/c1-10(18)12-5-6-14(13(16)9-12)21-11(2)15(19)17-7-4-8-20-3/h5-6,9-11,18H,4,7-8H2,1-3H3,(H,17,19)/t10-,11?/m0/s1. The van der Waals surface area contributed by atoms with Gasteiger partial charge in [-0.15, -0.1) is 0 Å². The molecule has 5 nitrogen and oxygen atoms in total. The molecule has 2 N–H and O–H groups in total. The van der Waals surface area contributed by atoms with E-state index in [1.54, 1.807) is 39.2 Å². The summed E-state index contributed by atoms with van der Waals surface area (Å²) >= 11 is 6.08. The van der Waals surface area contributed by atoms with Crippen molar-refractivity contribution in [3.05, 3.63) is 28.8 Å². The lowest BCUT2D eigenvalue weighted by Gasteiger charge is -2.16. The third-order valence-corrected chi connectivity index (χ3v) is 3.23. The summed E-state index contributed by atoms with van der Waals surface area (Å²) < 4.78 is 10.4. The zero-order valence-corrected chi connectivity index (χ0v) is 13.3. The number of methoxy groups -OCH3 is 1. The second-order valence-electron chi connectivity index (χ2n) is 4.76. The zero-order chi connectivity index (χ0) is 15.8. The van der Waals surface area contributed by atoms with Gasteiger partial charge in [0.1, 0.15) is 5.75 Å². The van der Waals surface area contributed by atoms with Crippen molar-refractivity contribution in [2.75, 3.05) is 20.3 Å². The van der Waals surface area contributed by atoms with Crippen LogP contribution >= 0.6 is 11.6 Å². The third kappa shape index (κ3) is 5.91. The van der Waals surface area contributed by atoms with E-state index in [0.717, 1.165) is 6.42 Å². The molecule has 2 atom stereocenters. The summed E-state index contributed by atoms with van der Waals surface area (Å²) in [6.07, 6.45) is -0.501. The van der Waals surface area contributed by atoms with Crippen LogP contribution in [0.1, 0.15) is 31.9 Å². The molecule has 1 rings (SSSR count). The molecule has 0 aliphatic heterocycles. The average Bonchev–Trinajstić information content (AvgIpc) is 2.45. The molecular weight excluding hydrogens is 294 g/mol. The molecule has 1 aromatic rings. The molecule has 0 heterocycles. The number of carbonyl (C=O) groups is 1. The number of aliphatic hydroxyl groups excluding tert-OH is 1. The van der Waals surface area contributed by atoms with Crippen LogP contribution in [0.15, 0.2) is 18.2 Å². The summed E-state index contributed by atoms with van der Waals surface area (Å²) in [6.45, 7) is 4.45. The molecule has 1 unspecified atom stereocenters. The molecule has 1 amide bonds. The Kier molecular flexibility index (Phi) is 7.50. The number of halogens is 1. The number of carbonyl (C=O) groups excluding carboxylic acids is 1. The summed E-state index contributed by atoms with van der Waals surface area (Å²) in [5.74, 6) is 0.211. The van der Waals surface area contributed by atoms with Gasteiger partial charge >= 0.3 is 0 Å². The van der Waals surface area contributed by atoms with Gasteiger partial charge < -0.3 is 19.9 Å². The van der Waals surface area contributed by atoms with Crippen molar-refractivity contribution in [2.45, 2.75) is 32.5 Å². The minimum atomic E-state index is -0.651. The normalized spacial score (nSPS) is 13.6. The van der Waals surface area contributed by atoms with Crippen LogP contribution in [0.5, 0.6) is 5.75 Å². The fourth-order valence-corrected chi connectivity index (χ4v) is 1.92. The number of amides is 1. The van der Waals surface area contributed by atoms with Crippen molar-refractivity contribution < 1.29 is 19.4 Å². The molecule has 0 saturated carbocycles. The molecule has 0 fully saturated rings. The van der Waals surface area contributed by atoms with Crippen molar-refractivity contribution in [1.29, 1.82) is 0 Å². The number of rotatable bonds is 8. The summed E-state index contributed by atoms with van der Waals surface area (Å²) in [4.78, 5) is 11.8. The van der Waals surface area contributed by atoms with Crippen molar-refractivity contribution in [1.82, 2.24) is 5.32 Å². The van der Waals surface area contributed by atoms with Crippen LogP contribution in [-0.2, 0) is 9.53 Å². The fourth-order valence-electron chi connectivity index (χ4n) is 1.69. The zero-order valence-electron chi connectivity index (χ0n) is 12.6. The van der Waals surface area contributed by atoms with E-state index in [1.165, 1.54) is 0 Å². The summed E-state index contributed by atoms with van der Waals surface area (Å²) in [6, 6.07) is 5.00. The van der Waals surface area contributed by atoms with Crippen LogP contribution in [0.2, 0.25) is 5.02 Å². The van der Waals surface area contributed by atoms with Crippen LogP contribution in [0, 0.1) is 0 Å². The maximum Gasteiger partial charge on any atom is 0.260 e. The van der Waals surface area contributed by atoms with Gasteiger partial charge in [0.2, 0.25) is 0 Å². The van der Waals surface area contributed by atoms with Gasteiger partial charge in [0, 0.05) is 20.3 Å². The molecule has 0 saturated heterocycles. The maximum atomic E-state index is 11.8. The van der Waals surface area contributed by atoms with Crippen LogP contribution in [-0.4, -0.2) is 37.4 Å². The Morgan fingerprint density at radius 2 is 2.14 bits per heavy atom. The smallest absolute Gasteiger partial charge is 0.260 e. The number of benzene rings is 1. The first-order valence-corrected chi connectivity index (χ1v) is 7.24. The summed E-state index contributed by atoms with van der Waals surface area (Å²) in [5.41, 5.74) is 0.698. The van der Waals surface area contributed by atoms with E-state index in [9.17, 15) is 9.90 Å². The van der Waals surface area contributed by atoms with E-state index in [0.29, 0.717) is 29.5 Å². The van der Waals surface area contributed by atoms with E-state index in [4.69, 9.17) is 21.1 Å². The Morgan fingerprint density at radius 3 is 2.71 bits per heavy atom. The highest BCUT2D eigenvalue weighted by Gasteiger charge is 2.16. The van der Waals surface area contributed by atoms with E-state index >= 15 is 0 Å². The molecule has 0 aromatic heterocycles. The molecule has 0 aliphatic carbocycles. The number of nitrogens with one attached hydrogen (secondary N) is 1. The van der Waals surface area contributed by atoms with Gasteiger partial charge in [-0.3, -0.25) is 4.79 Å². The van der Waals surface area contributed by atoms with Crippen LogP contribution in [0.4, 0.5) is 0 Å². The molecule has 0 bridgehead atoms. The third-order valence-electron chi connectivity index (χ3n) is 2.94. The van der Waals surface area contributed by atoms with Gasteiger partial charge in [-0.1, -0.05) is 17.7 Å². The van der Waals surface area contributed by atoms with Gasteiger partial charge in [0.25, 0.3) is 5.91 Å². The average molecular weight is 316 g/mol. The number of aliphatic hydroxyl groups is 1. The van der Waals surface area contributed by atoms with Crippen molar-refractivity contribution in [3.8, 4) is 5.75 Å². The molecule has 0 aliphatic rings. The Balaban J connectivity index is 2.54. The predicted molar refractivity (Wildman–Crippen MR) is 81.7 cm³/mol. The van der Waals surface area contributed by atoms with Crippen molar-refractivity contribution in [2.24, 2.45) is 0 Å². The van der Waals surface area contributed by atoms with E-state index in [2.05, 4.69) is 5.32 Å². The molecule has 0 radical (unpaired) electrons. The fraction of sp³-hybridized carbons (Fsp3) is 0.533. The predicted octanol–water partition coefficient (Wildman–Crippen LogP) is 2.31. The molecular formula is C15H22ClNO4. The maximum absolute atomic E-state index is 11.8. The lowest BCUT2D eigenvalue weighted by Crippen LogP contribution is -2.37. The molecule has 21 heavy (non-hydrogen) atoms. The first kappa shape index (κ1) is 17.8. The minimum absolute atomic E-state index is 0.207. The Labute approximate surface area is 130 Å². The minimum Gasteiger partial charge on any atom is -0.479 e.